The Labute approximate surface area is 73.2 Å². The molecule has 0 spiro atoms. The van der Waals surface area contributed by atoms with E-state index in [2.05, 4.69) is 10.1 Å². The first-order chi connectivity index (χ1) is 5.95. The predicted molar refractivity (Wildman–Crippen MR) is 38.0 cm³/mol. The van der Waals surface area contributed by atoms with Crippen LogP contribution in [0.4, 0.5) is 13.2 Å². The van der Waals surface area contributed by atoms with Gasteiger partial charge in [0, 0.05) is 26.0 Å². The van der Waals surface area contributed by atoms with Crippen LogP contribution >= 0.6 is 0 Å². The molecular weight excluding hydrogens is 187 g/mol. The number of carbonyl (C=O) groups is 1. The van der Waals surface area contributed by atoms with Gasteiger partial charge in [0.1, 0.15) is 0 Å². The molecule has 76 valence electrons. The molecule has 1 aliphatic heterocycles. The predicted octanol–water partition coefficient (Wildman–Crippen LogP) is 0.700. The Morgan fingerprint density at radius 1 is 1.62 bits per heavy atom. The van der Waals surface area contributed by atoms with Crippen molar-refractivity contribution in [3.8, 4) is 0 Å². The molecule has 0 aromatic carbocycles. The van der Waals surface area contributed by atoms with Crippen molar-refractivity contribution in [2.45, 2.75) is 18.7 Å². The molecule has 0 aliphatic carbocycles. The van der Waals surface area contributed by atoms with Crippen LogP contribution in [0, 0.1) is 5.92 Å². The second-order valence-electron chi connectivity index (χ2n) is 2.97. The molecule has 13 heavy (non-hydrogen) atoms. The Morgan fingerprint density at radius 3 is 2.54 bits per heavy atom. The van der Waals surface area contributed by atoms with Crippen LogP contribution in [-0.2, 0) is 9.53 Å². The van der Waals surface area contributed by atoms with Crippen molar-refractivity contribution in [3.05, 3.63) is 0 Å². The van der Waals surface area contributed by atoms with Crippen molar-refractivity contribution in [2.75, 3.05) is 13.7 Å². The number of hydrogen-bond donors (Lipinski definition) is 1. The van der Waals surface area contributed by atoms with Crippen molar-refractivity contribution in [1.29, 1.82) is 0 Å². The van der Waals surface area contributed by atoms with E-state index in [-0.39, 0.29) is 18.9 Å². The largest absolute Gasteiger partial charge is 0.414 e. The van der Waals surface area contributed by atoms with Crippen LogP contribution in [0.3, 0.4) is 0 Å². The Morgan fingerprint density at radius 2 is 2.23 bits per heavy atom. The van der Waals surface area contributed by atoms with Crippen molar-refractivity contribution in [2.24, 2.45) is 5.92 Å². The third-order valence-electron chi connectivity index (χ3n) is 2.01. The summed E-state index contributed by atoms with van der Waals surface area (Å²) in [7, 11) is 1.00. The molecule has 6 heteroatoms. The maximum atomic E-state index is 12.2. The van der Waals surface area contributed by atoms with Crippen LogP contribution in [0.2, 0.25) is 0 Å². The van der Waals surface area contributed by atoms with Gasteiger partial charge in [-0.2, -0.15) is 13.2 Å². The SMILES string of the molecule is CO[C@H]([C@H]1CNC(=O)C1)C(F)(F)F. The normalized spacial score (nSPS) is 25.8. The quantitative estimate of drug-likeness (QED) is 0.707. The smallest absolute Gasteiger partial charge is 0.372 e. The molecule has 0 unspecified atom stereocenters. The van der Waals surface area contributed by atoms with Crippen LogP contribution in [0.15, 0.2) is 0 Å². The number of nitrogens with one attached hydrogen (secondary N) is 1. The molecule has 0 aromatic rings. The Kier molecular flexibility index (Phi) is 2.80. The van der Waals surface area contributed by atoms with Gasteiger partial charge in [-0.1, -0.05) is 0 Å². The molecule has 3 nitrogen and oxygen atoms in total. The van der Waals surface area contributed by atoms with Crippen LogP contribution in [0.1, 0.15) is 6.42 Å². The molecule has 1 amide bonds. The lowest BCUT2D eigenvalue weighted by Crippen LogP contribution is -2.38. The van der Waals surface area contributed by atoms with Gasteiger partial charge in [-0.3, -0.25) is 4.79 Å². The van der Waals surface area contributed by atoms with Crippen molar-refractivity contribution in [1.82, 2.24) is 5.32 Å². The molecule has 1 rings (SSSR count). The molecule has 2 atom stereocenters. The van der Waals surface area contributed by atoms with E-state index in [9.17, 15) is 18.0 Å². The van der Waals surface area contributed by atoms with E-state index in [0.717, 1.165) is 7.11 Å². The maximum Gasteiger partial charge on any atom is 0.414 e. The van der Waals surface area contributed by atoms with Gasteiger partial charge in [0.15, 0.2) is 6.10 Å². The zero-order valence-electron chi connectivity index (χ0n) is 7.02. The van der Waals surface area contributed by atoms with Gasteiger partial charge in [0.2, 0.25) is 5.91 Å². The number of carbonyl (C=O) groups excluding carboxylic acids is 1. The highest BCUT2D eigenvalue weighted by atomic mass is 19.4. The number of ether oxygens (including phenoxy) is 1. The molecule has 0 saturated carbocycles. The Balaban J connectivity index is 2.62. The van der Waals surface area contributed by atoms with E-state index >= 15 is 0 Å². The van der Waals surface area contributed by atoms with Crippen LogP contribution in [0.5, 0.6) is 0 Å². The molecule has 1 fully saturated rings. The van der Waals surface area contributed by atoms with Crippen molar-refractivity contribution < 1.29 is 22.7 Å². The second-order valence-corrected chi connectivity index (χ2v) is 2.97. The van der Waals surface area contributed by atoms with Gasteiger partial charge < -0.3 is 10.1 Å². The molecule has 0 aromatic heterocycles. The van der Waals surface area contributed by atoms with Gasteiger partial charge in [0.05, 0.1) is 0 Å². The highest BCUT2D eigenvalue weighted by Gasteiger charge is 2.47. The number of amides is 1. The second kappa shape index (κ2) is 3.53. The summed E-state index contributed by atoms with van der Waals surface area (Å²) in [4.78, 5) is 10.7. The lowest BCUT2D eigenvalue weighted by molar-refractivity contribution is -0.226. The van der Waals surface area contributed by atoms with E-state index < -0.39 is 18.2 Å². The standard InChI is InChI=1S/C7H10F3NO2/c1-13-6(7(8,9)10)4-2-5(12)11-3-4/h4,6H,2-3H2,1H3,(H,11,12)/t4-,6-/m1/s1. The van der Waals surface area contributed by atoms with Gasteiger partial charge >= 0.3 is 6.18 Å². The summed E-state index contributed by atoms with van der Waals surface area (Å²) in [5, 5.41) is 2.34. The number of methoxy groups -OCH3 is 1. The highest BCUT2D eigenvalue weighted by Crippen LogP contribution is 2.31. The van der Waals surface area contributed by atoms with E-state index in [1.54, 1.807) is 0 Å². The molecule has 1 N–H and O–H groups in total. The van der Waals surface area contributed by atoms with Crippen molar-refractivity contribution >= 4 is 5.91 Å². The minimum absolute atomic E-state index is 0.0385. The van der Waals surface area contributed by atoms with Gasteiger partial charge in [-0.25, -0.2) is 0 Å². The molecular formula is C7H10F3NO2. The van der Waals surface area contributed by atoms with Crippen LogP contribution in [-0.4, -0.2) is 31.8 Å². The molecule has 1 aliphatic rings. The molecule has 0 bridgehead atoms. The zero-order valence-corrected chi connectivity index (χ0v) is 7.02. The summed E-state index contributed by atoms with van der Waals surface area (Å²) >= 11 is 0. The van der Waals surface area contributed by atoms with Crippen LogP contribution in [0.25, 0.3) is 0 Å². The minimum atomic E-state index is -4.40. The molecule has 1 saturated heterocycles. The van der Waals surface area contributed by atoms with E-state index in [1.807, 2.05) is 0 Å². The first-order valence-electron chi connectivity index (χ1n) is 3.81. The van der Waals surface area contributed by atoms with E-state index in [4.69, 9.17) is 0 Å². The monoisotopic (exact) mass is 197 g/mol. The lowest BCUT2D eigenvalue weighted by Gasteiger charge is -2.22. The Hall–Kier alpha value is -0.780. The number of halogens is 3. The number of rotatable bonds is 2. The fraction of sp³-hybridized carbons (Fsp3) is 0.857. The average Bonchev–Trinajstić information content (AvgIpc) is 2.34. The number of hydrogen-bond acceptors (Lipinski definition) is 2. The highest BCUT2D eigenvalue weighted by molar-refractivity contribution is 5.78. The molecule has 0 radical (unpaired) electrons. The average molecular weight is 197 g/mol. The third-order valence-corrected chi connectivity index (χ3v) is 2.01. The third kappa shape index (κ3) is 2.33. The molecule has 1 heterocycles. The summed E-state index contributed by atoms with van der Waals surface area (Å²) in [6.07, 6.45) is -6.35. The lowest BCUT2D eigenvalue weighted by atomic mass is 10.0. The summed E-state index contributed by atoms with van der Waals surface area (Å²) < 4.78 is 41.0. The summed E-state index contributed by atoms with van der Waals surface area (Å²) in [5.74, 6) is -1.14. The fourth-order valence-corrected chi connectivity index (χ4v) is 1.43. The first-order valence-corrected chi connectivity index (χ1v) is 3.81. The summed E-state index contributed by atoms with van der Waals surface area (Å²) in [6.45, 7) is 0.0385. The van der Waals surface area contributed by atoms with Crippen molar-refractivity contribution in [3.63, 3.8) is 0 Å². The van der Waals surface area contributed by atoms with Crippen LogP contribution < -0.4 is 5.32 Å². The minimum Gasteiger partial charge on any atom is -0.372 e. The van der Waals surface area contributed by atoms with E-state index in [1.165, 1.54) is 0 Å². The summed E-state index contributed by atoms with van der Waals surface area (Å²) in [5.41, 5.74) is 0. The number of alkyl halides is 3. The topological polar surface area (TPSA) is 38.3 Å². The van der Waals surface area contributed by atoms with E-state index in [0.29, 0.717) is 0 Å². The van der Waals surface area contributed by atoms with Gasteiger partial charge in [0.25, 0.3) is 0 Å². The van der Waals surface area contributed by atoms with Gasteiger partial charge in [-0.15, -0.1) is 0 Å². The zero-order chi connectivity index (χ0) is 10.1. The fourth-order valence-electron chi connectivity index (χ4n) is 1.43. The van der Waals surface area contributed by atoms with Gasteiger partial charge in [-0.05, 0) is 0 Å². The maximum absolute atomic E-state index is 12.2. The Bertz CT molecular complexity index is 204. The summed E-state index contributed by atoms with van der Waals surface area (Å²) in [6, 6.07) is 0. The first kappa shape index (κ1) is 10.3.